The lowest BCUT2D eigenvalue weighted by molar-refractivity contribution is 0.0963. The van der Waals surface area contributed by atoms with Crippen LogP contribution in [0, 0.1) is 0 Å². The first-order valence-corrected chi connectivity index (χ1v) is 6.29. The molecule has 0 aliphatic rings. The van der Waals surface area contributed by atoms with E-state index in [1.165, 1.54) is 12.8 Å². The summed E-state index contributed by atoms with van der Waals surface area (Å²) >= 11 is 0. The van der Waals surface area contributed by atoms with E-state index >= 15 is 0 Å². The van der Waals surface area contributed by atoms with Crippen molar-refractivity contribution in [3.05, 3.63) is 29.8 Å². The first-order valence-electron chi connectivity index (χ1n) is 6.29. The summed E-state index contributed by atoms with van der Waals surface area (Å²) < 4.78 is 0. The number of hydrogen-bond donors (Lipinski definition) is 2. The number of anilines is 1. The predicted octanol–water partition coefficient (Wildman–Crippen LogP) is 3.04. The molecule has 0 aliphatic carbocycles. The lowest BCUT2D eigenvalue weighted by Crippen LogP contribution is -2.19. The van der Waals surface area contributed by atoms with Gasteiger partial charge in [-0.05, 0) is 37.1 Å². The van der Waals surface area contributed by atoms with E-state index < -0.39 is 0 Å². The maximum absolute atomic E-state index is 11.4. The topological polar surface area (TPSA) is 41.1 Å². The molecule has 1 amide bonds. The van der Waals surface area contributed by atoms with E-state index in [2.05, 4.69) is 24.5 Å². The quantitative estimate of drug-likeness (QED) is 0.794. The molecule has 3 heteroatoms. The van der Waals surface area contributed by atoms with Crippen LogP contribution in [0.5, 0.6) is 0 Å². The lowest BCUT2D eigenvalue weighted by Gasteiger charge is -2.17. The highest BCUT2D eigenvalue weighted by Crippen LogP contribution is 2.14. The lowest BCUT2D eigenvalue weighted by atomic mass is 10.1. The summed E-state index contributed by atoms with van der Waals surface area (Å²) in [5.74, 6) is -0.0443. The van der Waals surface area contributed by atoms with Crippen LogP contribution in [-0.2, 0) is 0 Å². The molecule has 0 spiro atoms. The van der Waals surface area contributed by atoms with Crippen molar-refractivity contribution in [3.8, 4) is 0 Å². The third-order valence-electron chi connectivity index (χ3n) is 2.87. The van der Waals surface area contributed by atoms with Crippen LogP contribution < -0.4 is 10.6 Å². The predicted molar refractivity (Wildman–Crippen MR) is 72.4 cm³/mol. The zero-order valence-corrected chi connectivity index (χ0v) is 10.9. The molecule has 0 heterocycles. The second kappa shape index (κ2) is 6.94. The molecule has 0 saturated heterocycles. The van der Waals surface area contributed by atoms with E-state index in [0.717, 1.165) is 12.1 Å². The van der Waals surface area contributed by atoms with Crippen molar-refractivity contribution in [3.63, 3.8) is 0 Å². The number of carbonyl (C=O) groups is 1. The minimum Gasteiger partial charge on any atom is -0.382 e. The van der Waals surface area contributed by atoms with E-state index in [1.807, 2.05) is 24.3 Å². The third-order valence-corrected chi connectivity index (χ3v) is 2.87. The summed E-state index contributed by atoms with van der Waals surface area (Å²) in [6, 6.07) is 8.14. The minimum atomic E-state index is -0.0443. The average Bonchev–Trinajstić information content (AvgIpc) is 2.38. The maximum atomic E-state index is 11.4. The van der Waals surface area contributed by atoms with Crippen LogP contribution in [0.2, 0.25) is 0 Å². The molecule has 1 aromatic carbocycles. The van der Waals surface area contributed by atoms with Gasteiger partial charge in [-0.3, -0.25) is 4.79 Å². The Balaban J connectivity index is 2.64. The molecule has 1 rings (SSSR count). The third kappa shape index (κ3) is 4.10. The van der Waals surface area contributed by atoms with Gasteiger partial charge in [0.2, 0.25) is 0 Å². The van der Waals surface area contributed by atoms with Gasteiger partial charge < -0.3 is 10.6 Å². The molecule has 0 aromatic heterocycles. The fraction of sp³-hybridized carbons (Fsp3) is 0.500. The fourth-order valence-corrected chi connectivity index (χ4v) is 1.82. The van der Waals surface area contributed by atoms with Crippen molar-refractivity contribution in [2.45, 2.75) is 39.2 Å². The van der Waals surface area contributed by atoms with Crippen LogP contribution in [0.3, 0.4) is 0 Å². The number of nitrogens with one attached hydrogen (secondary N) is 2. The highest BCUT2D eigenvalue weighted by atomic mass is 16.1. The summed E-state index contributed by atoms with van der Waals surface area (Å²) in [7, 11) is 1.64. The largest absolute Gasteiger partial charge is 0.382 e. The molecule has 0 radical (unpaired) electrons. The van der Waals surface area contributed by atoms with E-state index in [4.69, 9.17) is 0 Å². The standard InChI is InChI=1S/C14H22N2O/c1-4-6-12(5-2)16-13-9-7-11(8-10-13)14(17)15-3/h7-10,12,16H,4-6H2,1-3H3,(H,15,17). The van der Waals surface area contributed by atoms with Gasteiger partial charge in [0.15, 0.2) is 0 Å². The monoisotopic (exact) mass is 234 g/mol. The Morgan fingerprint density at radius 3 is 2.35 bits per heavy atom. The summed E-state index contributed by atoms with van der Waals surface area (Å²) in [5, 5.41) is 6.10. The Kier molecular flexibility index (Phi) is 5.53. The Morgan fingerprint density at radius 2 is 1.88 bits per heavy atom. The number of carbonyl (C=O) groups excluding carboxylic acids is 1. The Labute approximate surface area is 104 Å². The van der Waals surface area contributed by atoms with Crippen molar-refractivity contribution in [2.75, 3.05) is 12.4 Å². The first-order chi connectivity index (χ1) is 8.21. The number of hydrogen-bond acceptors (Lipinski definition) is 2. The molecular formula is C14H22N2O. The molecule has 0 aliphatic heterocycles. The second-order valence-corrected chi connectivity index (χ2v) is 4.19. The minimum absolute atomic E-state index is 0.0443. The van der Waals surface area contributed by atoms with Crippen molar-refractivity contribution < 1.29 is 4.79 Å². The number of rotatable bonds is 6. The van der Waals surface area contributed by atoms with Crippen molar-refractivity contribution >= 4 is 11.6 Å². The summed E-state index contributed by atoms with van der Waals surface area (Å²) in [6.07, 6.45) is 3.47. The molecule has 1 atom stereocenters. The van der Waals surface area contributed by atoms with Gasteiger partial charge in [0, 0.05) is 24.3 Å². The van der Waals surface area contributed by atoms with E-state index in [-0.39, 0.29) is 5.91 Å². The normalized spacial score (nSPS) is 11.9. The van der Waals surface area contributed by atoms with Crippen LogP contribution in [0.25, 0.3) is 0 Å². The van der Waals surface area contributed by atoms with Crippen LogP contribution >= 0.6 is 0 Å². The van der Waals surface area contributed by atoms with Gasteiger partial charge >= 0.3 is 0 Å². The molecule has 17 heavy (non-hydrogen) atoms. The molecule has 3 nitrogen and oxygen atoms in total. The molecule has 0 fully saturated rings. The van der Waals surface area contributed by atoms with Crippen molar-refractivity contribution in [1.29, 1.82) is 0 Å². The molecule has 0 saturated carbocycles. The maximum Gasteiger partial charge on any atom is 0.251 e. The fourth-order valence-electron chi connectivity index (χ4n) is 1.82. The highest BCUT2D eigenvalue weighted by Gasteiger charge is 2.06. The summed E-state index contributed by atoms with van der Waals surface area (Å²) in [6.45, 7) is 4.38. The molecule has 94 valence electrons. The van der Waals surface area contributed by atoms with Crippen LogP contribution in [0.1, 0.15) is 43.5 Å². The van der Waals surface area contributed by atoms with Crippen molar-refractivity contribution in [1.82, 2.24) is 5.32 Å². The van der Waals surface area contributed by atoms with Crippen LogP contribution in [-0.4, -0.2) is 19.0 Å². The van der Waals surface area contributed by atoms with E-state index in [0.29, 0.717) is 11.6 Å². The van der Waals surface area contributed by atoms with Gasteiger partial charge in [0.25, 0.3) is 5.91 Å². The Bertz CT molecular complexity index is 346. The van der Waals surface area contributed by atoms with Gasteiger partial charge in [0.1, 0.15) is 0 Å². The zero-order chi connectivity index (χ0) is 12.7. The molecule has 1 unspecified atom stereocenters. The molecular weight excluding hydrogens is 212 g/mol. The molecule has 1 aromatic rings. The van der Waals surface area contributed by atoms with E-state index in [1.54, 1.807) is 7.05 Å². The highest BCUT2D eigenvalue weighted by molar-refractivity contribution is 5.94. The number of amides is 1. The second-order valence-electron chi connectivity index (χ2n) is 4.19. The average molecular weight is 234 g/mol. The van der Waals surface area contributed by atoms with Crippen molar-refractivity contribution in [2.24, 2.45) is 0 Å². The Morgan fingerprint density at radius 1 is 1.24 bits per heavy atom. The zero-order valence-electron chi connectivity index (χ0n) is 10.9. The van der Waals surface area contributed by atoms with Gasteiger partial charge in [-0.15, -0.1) is 0 Å². The Hall–Kier alpha value is -1.51. The summed E-state index contributed by atoms with van der Waals surface area (Å²) in [5.41, 5.74) is 1.78. The van der Waals surface area contributed by atoms with Gasteiger partial charge in [0.05, 0.1) is 0 Å². The van der Waals surface area contributed by atoms with Crippen LogP contribution in [0.4, 0.5) is 5.69 Å². The SMILES string of the molecule is CCCC(CC)Nc1ccc(C(=O)NC)cc1. The first kappa shape index (κ1) is 13.6. The smallest absolute Gasteiger partial charge is 0.251 e. The number of benzene rings is 1. The van der Waals surface area contributed by atoms with Crippen LogP contribution in [0.15, 0.2) is 24.3 Å². The summed E-state index contributed by atoms with van der Waals surface area (Å²) in [4.78, 5) is 11.4. The van der Waals surface area contributed by atoms with Gasteiger partial charge in [-0.2, -0.15) is 0 Å². The van der Waals surface area contributed by atoms with Gasteiger partial charge in [-0.25, -0.2) is 0 Å². The molecule has 0 bridgehead atoms. The van der Waals surface area contributed by atoms with E-state index in [9.17, 15) is 4.79 Å². The van der Waals surface area contributed by atoms with Gasteiger partial charge in [-0.1, -0.05) is 20.3 Å². The molecule has 2 N–H and O–H groups in total.